The molecule has 0 aromatic heterocycles. The first-order valence-corrected chi connectivity index (χ1v) is 8.69. The molecule has 0 aliphatic carbocycles. The molecule has 1 aromatic rings. The molecule has 2 unspecified atom stereocenters. The van der Waals surface area contributed by atoms with Gasteiger partial charge in [0.05, 0.1) is 17.4 Å². The first-order chi connectivity index (χ1) is 11.6. The number of β-amino-alcohol motifs (C(OH)–C–C–N with tert-alkyl or cyclic N) is 1. The zero-order valence-corrected chi connectivity index (χ0v) is 14.1. The average Bonchev–Trinajstić information content (AvgIpc) is 2.97. The van der Waals surface area contributed by atoms with Crippen LogP contribution < -0.4 is 10.2 Å². The van der Waals surface area contributed by atoms with Gasteiger partial charge in [-0.1, -0.05) is 12.1 Å². The van der Waals surface area contributed by atoms with Crippen molar-refractivity contribution in [3.8, 4) is 6.07 Å². The second kappa shape index (κ2) is 7.54. The number of aliphatic hydroxyl groups excluding tert-OH is 1. The fraction of sp³-hybridized carbons (Fsp3) is 0.588. The van der Waals surface area contributed by atoms with Gasteiger partial charge in [0.2, 0.25) is 0 Å². The Kier molecular flexibility index (Phi) is 5.41. The first kappa shape index (κ1) is 17.2. The summed E-state index contributed by atoms with van der Waals surface area (Å²) < 4.78 is 0. The van der Waals surface area contributed by atoms with Crippen molar-refractivity contribution in [1.82, 2.24) is 10.1 Å². The number of para-hydroxylation sites is 1. The van der Waals surface area contributed by atoms with E-state index < -0.39 is 13.2 Å². The van der Waals surface area contributed by atoms with Gasteiger partial charge < -0.3 is 25.2 Å². The Morgan fingerprint density at radius 1 is 1.25 bits per heavy atom. The van der Waals surface area contributed by atoms with E-state index in [1.807, 2.05) is 29.1 Å². The molecular formula is C17H25BN4O2. The van der Waals surface area contributed by atoms with Crippen molar-refractivity contribution in [2.75, 3.05) is 31.1 Å². The largest absolute Gasteiger partial charge is 0.437 e. The number of hydrogen-bond donors (Lipinski definition) is 3. The molecular weight excluding hydrogens is 303 g/mol. The molecule has 2 atom stereocenters. The molecule has 2 fully saturated rings. The lowest BCUT2D eigenvalue weighted by Gasteiger charge is -2.36. The minimum atomic E-state index is -0.518. The van der Waals surface area contributed by atoms with Crippen molar-refractivity contribution < 1.29 is 10.1 Å². The molecule has 24 heavy (non-hydrogen) atoms. The maximum absolute atomic E-state index is 10.2. The van der Waals surface area contributed by atoms with E-state index in [9.17, 15) is 15.4 Å². The topological polar surface area (TPSA) is 82.8 Å². The van der Waals surface area contributed by atoms with Gasteiger partial charge in [0, 0.05) is 38.3 Å². The number of rotatable bonds is 4. The maximum Gasteiger partial charge on any atom is 0.376 e. The van der Waals surface area contributed by atoms with Crippen LogP contribution in [0.2, 0.25) is 6.82 Å². The summed E-state index contributed by atoms with van der Waals surface area (Å²) in [5.41, 5.74) is 1.74. The smallest absolute Gasteiger partial charge is 0.376 e. The van der Waals surface area contributed by atoms with Crippen molar-refractivity contribution in [1.29, 1.82) is 5.26 Å². The molecule has 1 aromatic carbocycles. The van der Waals surface area contributed by atoms with E-state index in [-0.39, 0.29) is 6.04 Å². The molecule has 128 valence electrons. The predicted octanol–water partition coefficient (Wildman–Crippen LogP) is 0.272. The Hall–Kier alpha value is -1.59. The van der Waals surface area contributed by atoms with Gasteiger partial charge in [0.15, 0.2) is 0 Å². The van der Waals surface area contributed by atoms with E-state index in [4.69, 9.17) is 0 Å². The van der Waals surface area contributed by atoms with E-state index in [1.54, 1.807) is 6.82 Å². The van der Waals surface area contributed by atoms with Gasteiger partial charge in [-0.15, -0.1) is 0 Å². The summed E-state index contributed by atoms with van der Waals surface area (Å²) in [6, 6.07) is 10.4. The predicted molar refractivity (Wildman–Crippen MR) is 94.7 cm³/mol. The lowest BCUT2D eigenvalue weighted by molar-refractivity contribution is 0.150. The number of aliphatic hydroxyl groups is 1. The fourth-order valence-corrected chi connectivity index (χ4v) is 3.72. The summed E-state index contributed by atoms with van der Waals surface area (Å²) in [6.45, 7) is 4.73. The molecule has 2 saturated heterocycles. The van der Waals surface area contributed by atoms with Crippen LogP contribution in [0, 0.1) is 11.3 Å². The Morgan fingerprint density at radius 2 is 1.96 bits per heavy atom. The highest BCUT2D eigenvalue weighted by atomic mass is 16.3. The zero-order valence-electron chi connectivity index (χ0n) is 14.1. The summed E-state index contributed by atoms with van der Waals surface area (Å²) in [4.78, 5) is 4.16. The van der Waals surface area contributed by atoms with Crippen LogP contribution in [0.5, 0.6) is 0 Å². The number of anilines is 1. The van der Waals surface area contributed by atoms with Crippen molar-refractivity contribution >= 4 is 12.7 Å². The number of nitrogens with one attached hydrogen (secondary N) is 1. The van der Waals surface area contributed by atoms with Crippen LogP contribution in [0.25, 0.3) is 0 Å². The summed E-state index contributed by atoms with van der Waals surface area (Å²) in [6.07, 6.45) is 1.53. The highest BCUT2D eigenvalue weighted by molar-refractivity contribution is 6.45. The fourth-order valence-electron chi connectivity index (χ4n) is 3.72. The lowest BCUT2D eigenvalue weighted by Crippen LogP contribution is -2.50. The molecule has 3 rings (SSSR count). The number of nitrogens with zero attached hydrogens (tertiary/aromatic N) is 3. The summed E-state index contributed by atoms with van der Waals surface area (Å²) in [5, 5.41) is 32.6. The van der Waals surface area contributed by atoms with Gasteiger partial charge in [-0.2, -0.15) is 5.26 Å². The number of piperidine rings is 1. The van der Waals surface area contributed by atoms with Crippen molar-refractivity contribution in [2.45, 2.75) is 37.9 Å². The molecule has 2 heterocycles. The Morgan fingerprint density at radius 3 is 2.58 bits per heavy atom. The standard InChI is InChI=1S/C17H25BN4O2/c1-18(24)22-11-15(17(23)12-22)20-14-6-8-21(9-7-14)16-5-3-2-4-13(16)10-19/h2-5,14-15,17,20,23-24H,6-9,11-12H2,1H3. The van der Waals surface area contributed by atoms with Gasteiger partial charge in [-0.25, -0.2) is 0 Å². The zero-order chi connectivity index (χ0) is 17.1. The van der Waals surface area contributed by atoms with Gasteiger partial charge in [-0.3, -0.25) is 0 Å². The van der Waals surface area contributed by atoms with E-state index in [2.05, 4.69) is 16.3 Å². The minimum Gasteiger partial charge on any atom is -0.437 e. The Bertz CT molecular complexity index is 598. The molecule has 0 radical (unpaired) electrons. The lowest BCUT2D eigenvalue weighted by atomic mass is 9.86. The van der Waals surface area contributed by atoms with Crippen LogP contribution in [0.4, 0.5) is 5.69 Å². The van der Waals surface area contributed by atoms with E-state index in [1.165, 1.54) is 0 Å². The molecule has 2 aliphatic rings. The molecule has 0 spiro atoms. The maximum atomic E-state index is 10.2. The van der Waals surface area contributed by atoms with Crippen molar-refractivity contribution in [2.24, 2.45) is 0 Å². The Balaban J connectivity index is 1.53. The van der Waals surface area contributed by atoms with Gasteiger partial charge >= 0.3 is 7.05 Å². The average molecular weight is 328 g/mol. The molecule has 0 saturated carbocycles. The van der Waals surface area contributed by atoms with Crippen LogP contribution >= 0.6 is 0 Å². The minimum absolute atomic E-state index is 0.0162. The van der Waals surface area contributed by atoms with E-state index in [0.717, 1.165) is 37.2 Å². The van der Waals surface area contributed by atoms with Crippen molar-refractivity contribution in [3.63, 3.8) is 0 Å². The molecule has 0 amide bonds. The SMILES string of the molecule is CB(O)N1CC(O)C(NC2CCN(c3ccccc3C#N)CC2)C1. The molecule has 7 heteroatoms. The van der Waals surface area contributed by atoms with Gasteiger partial charge in [0.25, 0.3) is 0 Å². The quantitative estimate of drug-likeness (QED) is 0.689. The van der Waals surface area contributed by atoms with Gasteiger partial charge in [-0.05, 0) is 31.8 Å². The van der Waals surface area contributed by atoms with Crippen molar-refractivity contribution in [3.05, 3.63) is 29.8 Å². The monoisotopic (exact) mass is 328 g/mol. The number of nitriles is 1. The number of hydrogen-bond acceptors (Lipinski definition) is 6. The second-order valence-electron chi connectivity index (χ2n) is 6.82. The summed E-state index contributed by atoms with van der Waals surface area (Å²) in [7, 11) is -0.518. The number of benzene rings is 1. The van der Waals surface area contributed by atoms with Crippen LogP contribution in [0.1, 0.15) is 18.4 Å². The first-order valence-electron chi connectivity index (χ1n) is 8.69. The van der Waals surface area contributed by atoms with E-state index >= 15 is 0 Å². The second-order valence-corrected chi connectivity index (χ2v) is 6.82. The molecule has 2 aliphatic heterocycles. The van der Waals surface area contributed by atoms with Gasteiger partial charge in [0.1, 0.15) is 6.07 Å². The third-order valence-corrected chi connectivity index (χ3v) is 5.16. The molecule has 3 N–H and O–H groups in total. The van der Waals surface area contributed by atoms with Crippen LogP contribution in [0.3, 0.4) is 0 Å². The molecule has 6 nitrogen and oxygen atoms in total. The van der Waals surface area contributed by atoms with E-state index in [0.29, 0.717) is 19.1 Å². The Labute approximate surface area is 143 Å². The third kappa shape index (κ3) is 3.73. The highest BCUT2D eigenvalue weighted by Gasteiger charge is 2.36. The highest BCUT2D eigenvalue weighted by Crippen LogP contribution is 2.24. The van der Waals surface area contributed by atoms with Crippen LogP contribution in [0.15, 0.2) is 24.3 Å². The van der Waals surface area contributed by atoms with Crippen LogP contribution in [-0.4, -0.2) is 66.4 Å². The van der Waals surface area contributed by atoms with Crippen LogP contribution in [-0.2, 0) is 0 Å². The third-order valence-electron chi connectivity index (χ3n) is 5.16. The summed E-state index contributed by atoms with van der Waals surface area (Å²) >= 11 is 0. The summed E-state index contributed by atoms with van der Waals surface area (Å²) in [5.74, 6) is 0. The molecule has 0 bridgehead atoms. The normalized spacial score (nSPS) is 25.7.